The van der Waals surface area contributed by atoms with Crippen molar-refractivity contribution in [1.82, 2.24) is 4.72 Å². The number of hydrogen-bond donors (Lipinski definition) is 1. The first-order valence-corrected chi connectivity index (χ1v) is 4.66. The summed E-state index contributed by atoms with van der Waals surface area (Å²) in [6, 6.07) is 0.120. The lowest BCUT2D eigenvalue weighted by Gasteiger charge is -2.02. The van der Waals surface area contributed by atoms with Crippen molar-refractivity contribution in [3.8, 4) is 0 Å². The van der Waals surface area contributed by atoms with Crippen LogP contribution in [-0.4, -0.2) is 20.2 Å². The zero-order valence-corrected chi connectivity index (χ0v) is 6.40. The van der Waals surface area contributed by atoms with E-state index in [1.807, 2.05) is 13.8 Å². The first-order valence-electron chi connectivity index (χ1n) is 3.01. The molecule has 0 spiro atoms. The Bertz CT molecular complexity index is 181. The summed E-state index contributed by atoms with van der Waals surface area (Å²) in [5, 5.41) is 0. The molecule has 1 heterocycles. The summed E-state index contributed by atoms with van der Waals surface area (Å²) in [6.45, 7) is 3.82. The van der Waals surface area contributed by atoms with Crippen LogP contribution < -0.4 is 4.72 Å². The van der Waals surface area contributed by atoms with Crippen LogP contribution in [0.2, 0.25) is 0 Å². The summed E-state index contributed by atoms with van der Waals surface area (Å²) in [7, 11) is -2.89. The number of hydrogen-bond acceptors (Lipinski definition) is 2. The molecular weight excluding hydrogens is 138 g/mol. The van der Waals surface area contributed by atoms with Gasteiger partial charge in [-0.05, 0) is 12.8 Å². The Kier molecular flexibility index (Phi) is 1.52. The molecular formula is C5H11NO2S. The summed E-state index contributed by atoms with van der Waals surface area (Å²) in [6.07, 6.45) is 0. The highest BCUT2D eigenvalue weighted by Gasteiger charge is 2.30. The number of nitrogens with one attached hydrogen (secondary N) is 1. The quantitative estimate of drug-likeness (QED) is 0.524. The first kappa shape index (κ1) is 7.02. The fourth-order valence-electron chi connectivity index (χ4n) is 0.938. The molecule has 0 radical (unpaired) electrons. The van der Waals surface area contributed by atoms with Crippen molar-refractivity contribution >= 4 is 10.0 Å². The minimum atomic E-state index is -2.89. The molecule has 0 aromatic carbocycles. The van der Waals surface area contributed by atoms with E-state index in [1.54, 1.807) is 0 Å². The molecule has 0 aromatic heterocycles. The van der Waals surface area contributed by atoms with Gasteiger partial charge in [-0.15, -0.1) is 0 Å². The molecule has 1 saturated heterocycles. The zero-order valence-electron chi connectivity index (χ0n) is 5.59. The molecule has 3 nitrogen and oxygen atoms in total. The van der Waals surface area contributed by atoms with E-state index in [0.717, 1.165) is 0 Å². The van der Waals surface area contributed by atoms with Gasteiger partial charge < -0.3 is 0 Å². The largest absolute Gasteiger partial charge is 0.212 e. The molecule has 1 aliphatic heterocycles. The van der Waals surface area contributed by atoms with E-state index in [2.05, 4.69) is 4.72 Å². The molecule has 54 valence electrons. The van der Waals surface area contributed by atoms with Crippen LogP contribution in [0.3, 0.4) is 0 Å². The molecule has 1 aliphatic rings. The van der Waals surface area contributed by atoms with E-state index in [9.17, 15) is 8.42 Å². The van der Waals surface area contributed by atoms with Crippen LogP contribution in [0.1, 0.15) is 13.8 Å². The van der Waals surface area contributed by atoms with E-state index >= 15 is 0 Å². The van der Waals surface area contributed by atoms with Crippen LogP contribution >= 0.6 is 0 Å². The Labute approximate surface area is 55.5 Å². The van der Waals surface area contributed by atoms with Gasteiger partial charge >= 0.3 is 0 Å². The average molecular weight is 149 g/mol. The predicted molar refractivity (Wildman–Crippen MR) is 35.5 cm³/mol. The SMILES string of the molecule is CC1NS(=O)(=O)C[C@H]1C. The Morgan fingerprint density at radius 1 is 1.44 bits per heavy atom. The van der Waals surface area contributed by atoms with Gasteiger partial charge in [-0.25, -0.2) is 13.1 Å². The Balaban J connectivity index is 2.77. The molecule has 0 amide bonds. The zero-order chi connectivity index (χ0) is 7.07. The second-order valence-electron chi connectivity index (χ2n) is 2.67. The van der Waals surface area contributed by atoms with Gasteiger partial charge in [-0.1, -0.05) is 6.92 Å². The van der Waals surface area contributed by atoms with Crippen molar-refractivity contribution in [2.45, 2.75) is 19.9 Å². The lowest BCUT2D eigenvalue weighted by Crippen LogP contribution is -2.24. The third-order valence-electron chi connectivity index (χ3n) is 1.70. The molecule has 0 bridgehead atoms. The van der Waals surface area contributed by atoms with Crippen molar-refractivity contribution in [3.05, 3.63) is 0 Å². The summed E-state index contributed by atoms with van der Waals surface area (Å²) in [5.41, 5.74) is 0. The highest BCUT2D eigenvalue weighted by Crippen LogP contribution is 2.13. The van der Waals surface area contributed by atoms with Crippen molar-refractivity contribution in [2.24, 2.45) is 5.92 Å². The van der Waals surface area contributed by atoms with E-state index < -0.39 is 10.0 Å². The number of rotatable bonds is 0. The van der Waals surface area contributed by atoms with Gasteiger partial charge in [-0.2, -0.15) is 0 Å². The van der Waals surface area contributed by atoms with E-state index in [1.165, 1.54) is 0 Å². The van der Waals surface area contributed by atoms with Gasteiger partial charge in [0.2, 0.25) is 10.0 Å². The molecule has 0 aromatic rings. The molecule has 1 N–H and O–H groups in total. The van der Waals surface area contributed by atoms with Crippen LogP contribution in [0.15, 0.2) is 0 Å². The smallest absolute Gasteiger partial charge is 0.212 e. The lowest BCUT2D eigenvalue weighted by molar-refractivity contribution is 0.536. The standard InChI is InChI=1S/C5H11NO2S/c1-4-3-9(7,8)6-5(4)2/h4-6H,3H2,1-2H3/t4-,5?/m1/s1. The van der Waals surface area contributed by atoms with Crippen LogP contribution in [0.25, 0.3) is 0 Å². The second kappa shape index (κ2) is 1.95. The van der Waals surface area contributed by atoms with Crippen molar-refractivity contribution < 1.29 is 8.42 Å². The minimum Gasteiger partial charge on any atom is -0.212 e. The highest BCUT2D eigenvalue weighted by atomic mass is 32.2. The van der Waals surface area contributed by atoms with Gasteiger partial charge in [0.25, 0.3) is 0 Å². The minimum absolute atomic E-state index is 0.120. The van der Waals surface area contributed by atoms with Crippen LogP contribution in [0.5, 0.6) is 0 Å². The summed E-state index contributed by atoms with van der Waals surface area (Å²) in [4.78, 5) is 0. The lowest BCUT2D eigenvalue weighted by atomic mass is 10.1. The molecule has 1 unspecified atom stereocenters. The summed E-state index contributed by atoms with van der Waals surface area (Å²) >= 11 is 0. The van der Waals surface area contributed by atoms with E-state index in [-0.39, 0.29) is 17.7 Å². The highest BCUT2D eigenvalue weighted by molar-refractivity contribution is 7.89. The average Bonchev–Trinajstić information content (AvgIpc) is 1.79. The maximum absolute atomic E-state index is 10.7. The third-order valence-corrected chi connectivity index (χ3v) is 3.40. The predicted octanol–water partition coefficient (Wildman–Crippen LogP) is -0.0560. The monoisotopic (exact) mass is 149 g/mol. The van der Waals surface area contributed by atoms with Gasteiger partial charge in [0, 0.05) is 6.04 Å². The second-order valence-corrected chi connectivity index (χ2v) is 4.46. The molecule has 1 rings (SSSR count). The van der Waals surface area contributed by atoms with Crippen LogP contribution in [-0.2, 0) is 10.0 Å². The van der Waals surface area contributed by atoms with E-state index in [0.29, 0.717) is 0 Å². The Morgan fingerprint density at radius 2 is 2.00 bits per heavy atom. The fourth-order valence-corrected chi connectivity index (χ4v) is 2.81. The molecule has 0 saturated carbocycles. The van der Waals surface area contributed by atoms with Gasteiger partial charge in [0.1, 0.15) is 0 Å². The van der Waals surface area contributed by atoms with Gasteiger partial charge in [0.05, 0.1) is 5.75 Å². The Hall–Kier alpha value is -0.0900. The molecule has 1 fully saturated rings. The first-order chi connectivity index (χ1) is 4.01. The Morgan fingerprint density at radius 3 is 2.11 bits per heavy atom. The topological polar surface area (TPSA) is 46.2 Å². The van der Waals surface area contributed by atoms with Crippen LogP contribution in [0.4, 0.5) is 0 Å². The molecule has 4 heteroatoms. The molecule has 2 atom stereocenters. The summed E-state index contributed by atoms with van der Waals surface area (Å²) in [5.74, 6) is 0.545. The number of sulfonamides is 1. The van der Waals surface area contributed by atoms with Gasteiger partial charge in [-0.3, -0.25) is 0 Å². The molecule has 9 heavy (non-hydrogen) atoms. The maximum atomic E-state index is 10.7. The van der Waals surface area contributed by atoms with Crippen molar-refractivity contribution in [3.63, 3.8) is 0 Å². The normalized spacial score (nSPS) is 41.1. The van der Waals surface area contributed by atoms with Crippen LogP contribution in [0, 0.1) is 5.92 Å². The van der Waals surface area contributed by atoms with Crippen molar-refractivity contribution in [2.75, 3.05) is 5.75 Å². The molecule has 0 aliphatic carbocycles. The summed E-state index contributed by atoms with van der Waals surface area (Å²) < 4.78 is 24.0. The van der Waals surface area contributed by atoms with Gasteiger partial charge in [0.15, 0.2) is 0 Å². The maximum Gasteiger partial charge on any atom is 0.212 e. The van der Waals surface area contributed by atoms with E-state index in [4.69, 9.17) is 0 Å². The van der Waals surface area contributed by atoms with Crippen molar-refractivity contribution in [1.29, 1.82) is 0 Å². The third kappa shape index (κ3) is 1.43. The fraction of sp³-hybridized carbons (Fsp3) is 1.00.